The van der Waals surface area contributed by atoms with Gasteiger partial charge < -0.3 is 74.0 Å². The highest BCUT2D eigenvalue weighted by Crippen LogP contribution is 2.76. The molecule has 7 fully saturated rings. The van der Waals surface area contributed by atoms with Crippen molar-refractivity contribution in [3.63, 3.8) is 0 Å². The highest BCUT2D eigenvalue weighted by atomic mass is 16.8. The molecule has 0 aromatic carbocycles. The number of esters is 1. The molecule has 3 aliphatic heterocycles. The number of rotatable bonds is 10. The first-order chi connectivity index (χ1) is 31.4. The topological polar surface area (TPSA) is 244 Å². The maximum atomic E-state index is 14.2. The molecule has 4 saturated carbocycles. The Kier molecular flexibility index (Phi) is 14.7. The van der Waals surface area contributed by atoms with E-state index in [0.29, 0.717) is 30.8 Å². The molecule has 0 bridgehead atoms. The molecule has 0 unspecified atom stereocenters. The van der Waals surface area contributed by atoms with Gasteiger partial charge in [0, 0.05) is 0 Å². The van der Waals surface area contributed by atoms with Crippen molar-refractivity contribution >= 4 is 5.97 Å². The van der Waals surface area contributed by atoms with Gasteiger partial charge in [-0.2, -0.15) is 0 Å². The van der Waals surface area contributed by atoms with Crippen LogP contribution >= 0.6 is 0 Å². The SMILES string of the molecule is CCCOC(=O)[C@]12CC[C@@H](C)[C@H](C)[C@H]1C1=CC[C@@H]3[C@@]4(C)CC[C@H](O[C@@H]5O[C@H](CO)[C@@H](O[C@@H]6O[C@@H](C)[C@H](O)[C@@H](O)[C@H]6O)[C@H](O)[C@H]5O[C@@H]5O[C@@H](C)[C@H](O)[C@@H](O)[C@H]5O)C(C)(C)[C@@H]4CC[C@@]3(C)[C@]1(C)CC2. The zero-order valence-electron chi connectivity index (χ0n) is 41.5. The van der Waals surface area contributed by atoms with Crippen LogP contribution in [0, 0.1) is 56.7 Å². The summed E-state index contributed by atoms with van der Waals surface area (Å²) in [6.07, 6.45) is -10.8. The van der Waals surface area contributed by atoms with Crippen LogP contribution in [0.2, 0.25) is 0 Å². The molecule has 3 saturated heterocycles. The van der Waals surface area contributed by atoms with E-state index in [2.05, 4.69) is 61.5 Å². The normalized spacial score (nSPS) is 54.1. The maximum absolute atomic E-state index is 14.2. The van der Waals surface area contributed by atoms with Crippen molar-refractivity contribution in [2.24, 2.45) is 56.7 Å². The molecule has 8 N–H and O–H groups in total. The number of carbonyl (C=O) groups is 1. The zero-order valence-corrected chi connectivity index (χ0v) is 41.5. The van der Waals surface area contributed by atoms with E-state index in [-0.39, 0.29) is 34.1 Å². The van der Waals surface area contributed by atoms with E-state index in [0.717, 1.165) is 57.8 Å². The zero-order chi connectivity index (χ0) is 48.9. The van der Waals surface area contributed by atoms with Gasteiger partial charge >= 0.3 is 5.97 Å². The van der Waals surface area contributed by atoms with Gasteiger partial charge in [0.2, 0.25) is 0 Å². The first-order valence-electron chi connectivity index (χ1n) is 25.6. The average Bonchev–Trinajstić information content (AvgIpc) is 3.28. The summed E-state index contributed by atoms with van der Waals surface area (Å²) in [6.45, 7) is 21.5. The first kappa shape index (κ1) is 52.0. The molecular formula is C51H84O16. The molecule has 0 radical (unpaired) electrons. The van der Waals surface area contributed by atoms with Crippen molar-refractivity contribution < 1.29 is 78.8 Å². The summed E-state index contributed by atoms with van der Waals surface area (Å²) in [4.78, 5) is 14.2. The van der Waals surface area contributed by atoms with Gasteiger partial charge in [-0.25, -0.2) is 0 Å². The van der Waals surface area contributed by atoms with Gasteiger partial charge in [0.1, 0.15) is 61.0 Å². The molecule has 67 heavy (non-hydrogen) atoms. The Balaban J connectivity index is 1.06. The highest BCUT2D eigenvalue weighted by Gasteiger charge is 2.70. The predicted octanol–water partition coefficient (Wildman–Crippen LogP) is 3.49. The molecule has 0 spiro atoms. The van der Waals surface area contributed by atoms with Gasteiger partial charge in [0.05, 0.1) is 36.9 Å². The van der Waals surface area contributed by atoms with Crippen LogP contribution in [0.5, 0.6) is 0 Å². The molecule has 0 aromatic rings. The largest absolute Gasteiger partial charge is 0.465 e. The number of allylic oxidation sites excluding steroid dienone is 2. The second-order valence-corrected chi connectivity index (χ2v) is 23.7. The predicted molar refractivity (Wildman–Crippen MR) is 241 cm³/mol. The summed E-state index contributed by atoms with van der Waals surface area (Å²) >= 11 is 0. The quantitative estimate of drug-likeness (QED) is 0.0888. The van der Waals surface area contributed by atoms with E-state index in [1.807, 2.05) is 0 Å². The second-order valence-electron chi connectivity index (χ2n) is 23.7. The maximum Gasteiger partial charge on any atom is 0.312 e. The molecule has 16 heteroatoms. The van der Waals surface area contributed by atoms with Crippen LogP contribution in [0.3, 0.4) is 0 Å². The molecule has 16 nitrogen and oxygen atoms in total. The molecule has 8 aliphatic rings. The highest BCUT2D eigenvalue weighted by molar-refractivity contribution is 5.79. The second kappa shape index (κ2) is 18.9. The van der Waals surface area contributed by atoms with Crippen LogP contribution in [-0.2, 0) is 38.0 Å². The van der Waals surface area contributed by atoms with Gasteiger partial charge in [0.15, 0.2) is 18.9 Å². The van der Waals surface area contributed by atoms with Crippen molar-refractivity contribution in [1.29, 1.82) is 0 Å². The Labute approximate surface area is 397 Å². The number of carbonyl (C=O) groups excluding carboxylic acids is 1. The molecule has 8 rings (SSSR count). The van der Waals surface area contributed by atoms with Crippen LogP contribution < -0.4 is 0 Å². The van der Waals surface area contributed by atoms with Gasteiger partial charge in [-0.15, -0.1) is 0 Å². The third-order valence-corrected chi connectivity index (χ3v) is 20.1. The molecule has 384 valence electrons. The molecule has 0 aromatic heterocycles. The van der Waals surface area contributed by atoms with Crippen molar-refractivity contribution in [3.05, 3.63) is 11.6 Å². The van der Waals surface area contributed by atoms with E-state index in [4.69, 9.17) is 33.2 Å². The lowest BCUT2D eigenvalue weighted by Crippen LogP contribution is -2.68. The van der Waals surface area contributed by atoms with Gasteiger partial charge in [-0.05, 0) is 129 Å². The number of hydrogen-bond donors (Lipinski definition) is 8. The van der Waals surface area contributed by atoms with E-state index >= 15 is 0 Å². The van der Waals surface area contributed by atoms with E-state index in [9.17, 15) is 45.6 Å². The summed E-state index contributed by atoms with van der Waals surface area (Å²) in [5, 5.41) is 86.9. The lowest BCUT2D eigenvalue weighted by molar-refractivity contribution is -0.393. The number of aliphatic hydroxyl groups excluding tert-OH is 8. The van der Waals surface area contributed by atoms with E-state index < -0.39 is 116 Å². The van der Waals surface area contributed by atoms with Gasteiger partial charge in [0.25, 0.3) is 0 Å². The van der Waals surface area contributed by atoms with Gasteiger partial charge in [-0.3, -0.25) is 4.79 Å². The molecule has 25 atom stereocenters. The number of hydrogen-bond acceptors (Lipinski definition) is 16. The molecule has 0 amide bonds. The lowest BCUT2D eigenvalue weighted by atomic mass is 9.33. The van der Waals surface area contributed by atoms with Crippen LogP contribution in [0.4, 0.5) is 0 Å². The number of fused-ring (bicyclic) bond motifs is 7. The number of aliphatic hydroxyl groups is 8. The van der Waals surface area contributed by atoms with Crippen molar-refractivity contribution in [1.82, 2.24) is 0 Å². The fourth-order valence-electron chi connectivity index (χ4n) is 15.6. The minimum Gasteiger partial charge on any atom is -0.465 e. The summed E-state index contributed by atoms with van der Waals surface area (Å²) in [7, 11) is 0. The fraction of sp³-hybridized carbons (Fsp3) is 0.941. The Morgan fingerprint density at radius 3 is 1.88 bits per heavy atom. The van der Waals surface area contributed by atoms with Crippen LogP contribution in [-0.4, -0.2) is 158 Å². The third-order valence-electron chi connectivity index (χ3n) is 20.1. The van der Waals surface area contributed by atoms with Crippen molar-refractivity contribution in [2.75, 3.05) is 13.2 Å². The van der Waals surface area contributed by atoms with E-state index in [1.165, 1.54) is 19.4 Å². The van der Waals surface area contributed by atoms with Crippen LogP contribution in [0.15, 0.2) is 11.6 Å². The van der Waals surface area contributed by atoms with Crippen molar-refractivity contribution in [2.45, 2.75) is 232 Å². The minimum absolute atomic E-state index is 0.000156. The standard InChI is InChI=1S/C51H84O16/c1-11-22-61-46(60)51-19-14-24(2)25(3)33(51)28-12-13-31-48(8)17-16-32(47(6,7)30(48)15-18-50(31,10)49(28,9)20-21-51)65-45-42(67-44-39(58)37(56)35(54)27(5)63-44)40(59)41(29(23-52)64-45)66-43-38(57)36(55)34(53)26(4)62-43/h12,24-27,29-45,52-59H,11,13-23H2,1-10H3/t24-,25+,26+,27+,29-,30+,31-,32+,33+,34+,35+,36-,37-,38-,39-,40+,41-,42-,43+,44+,45+,48+,49-,50-,51+/m1/s1. The first-order valence-corrected chi connectivity index (χ1v) is 25.6. The third kappa shape index (κ3) is 8.22. The van der Waals surface area contributed by atoms with Crippen LogP contribution in [0.25, 0.3) is 0 Å². The van der Waals surface area contributed by atoms with Gasteiger partial charge in [-0.1, -0.05) is 67.0 Å². The Bertz CT molecular complexity index is 1800. The van der Waals surface area contributed by atoms with E-state index in [1.54, 1.807) is 0 Å². The summed E-state index contributed by atoms with van der Waals surface area (Å²) in [5.74, 6) is 1.59. The molecular weight excluding hydrogens is 869 g/mol. The molecule has 3 heterocycles. The van der Waals surface area contributed by atoms with Crippen molar-refractivity contribution in [3.8, 4) is 0 Å². The number of ether oxygens (including phenoxy) is 7. The monoisotopic (exact) mass is 953 g/mol. The Morgan fingerprint density at radius 2 is 1.28 bits per heavy atom. The Hall–Kier alpha value is -1.35. The minimum atomic E-state index is -1.73. The Morgan fingerprint density at radius 1 is 0.672 bits per heavy atom. The smallest absolute Gasteiger partial charge is 0.312 e. The summed E-state index contributed by atoms with van der Waals surface area (Å²) in [6, 6.07) is 0. The fourth-order valence-corrected chi connectivity index (χ4v) is 15.6. The summed E-state index contributed by atoms with van der Waals surface area (Å²) in [5.41, 5.74) is 0.354. The van der Waals surface area contributed by atoms with Crippen LogP contribution in [0.1, 0.15) is 133 Å². The lowest BCUT2D eigenvalue weighted by Gasteiger charge is -2.71. The molecule has 5 aliphatic carbocycles. The average molecular weight is 953 g/mol. The summed E-state index contributed by atoms with van der Waals surface area (Å²) < 4.78 is 43.3.